The highest BCUT2D eigenvalue weighted by Crippen LogP contribution is 2.35. The normalized spacial score (nSPS) is 13.3. The first-order valence-corrected chi connectivity index (χ1v) is 9.58. The maximum Gasteiger partial charge on any atom is 0.418 e. The van der Waals surface area contributed by atoms with Crippen LogP contribution in [0.25, 0.3) is 0 Å². The van der Waals surface area contributed by atoms with E-state index in [9.17, 15) is 22.4 Å². The molecule has 0 aliphatic rings. The highest BCUT2D eigenvalue weighted by Gasteiger charge is 2.37. The van der Waals surface area contributed by atoms with Crippen LogP contribution in [0.4, 0.5) is 22.4 Å². The van der Waals surface area contributed by atoms with Gasteiger partial charge in [0, 0.05) is 6.20 Å². The fourth-order valence-electron chi connectivity index (χ4n) is 3.19. The zero-order chi connectivity index (χ0) is 22.4. The van der Waals surface area contributed by atoms with E-state index in [1.807, 2.05) is 30.3 Å². The average Bonchev–Trinajstić information content (AvgIpc) is 2.77. The number of benzene rings is 2. The van der Waals surface area contributed by atoms with E-state index in [0.29, 0.717) is 11.1 Å². The van der Waals surface area contributed by atoms with E-state index in [0.717, 1.165) is 11.6 Å². The van der Waals surface area contributed by atoms with E-state index in [1.165, 1.54) is 36.5 Å². The van der Waals surface area contributed by atoms with Gasteiger partial charge in [0.2, 0.25) is 0 Å². The number of nitrogens with zero attached hydrogens (tertiary/aromatic N) is 1. The molecule has 3 aromatic rings. The summed E-state index contributed by atoms with van der Waals surface area (Å²) < 4.78 is 53.7. The summed E-state index contributed by atoms with van der Waals surface area (Å²) in [5, 5.41) is 5.32. The fourth-order valence-corrected chi connectivity index (χ4v) is 3.19. The molecule has 31 heavy (non-hydrogen) atoms. The number of alkyl halides is 4. The summed E-state index contributed by atoms with van der Waals surface area (Å²) in [6.45, 7) is 1.06. The number of nitrogens with one attached hydrogen (secondary N) is 2. The number of carbonyl (C=O) groups excluding carboxylic acids is 1. The van der Waals surface area contributed by atoms with Crippen molar-refractivity contribution >= 4 is 6.03 Å². The Kier molecular flexibility index (Phi) is 6.89. The Balaban J connectivity index is 1.92. The van der Waals surface area contributed by atoms with Gasteiger partial charge in [-0.1, -0.05) is 54.6 Å². The van der Waals surface area contributed by atoms with Gasteiger partial charge in [-0.05, 0) is 35.7 Å². The molecule has 0 bridgehead atoms. The quantitative estimate of drug-likeness (QED) is 0.491. The summed E-state index contributed by atoms with van der Waals surface area (Å²) in [5.74, 6) is 0. The van der Waals surface area contributed by atoms with Crippen molar-refractivity contribution in [2.24, 2.45) is 0 Å². The molecule has 0 spiro atoms. The average molecular weight is 431 g/mol. The minimum absolute atomic E-state index is 0.342. The molecule has 0 aliphatic heterocycles. The minimum atomic E-state index is -4.66. The first kappa shape index (κ1) is 22.3. The summed E-state index contributed by atoms with van der Waals surface area (Å²) in [7, 11) is 0. The Bertz CT molecular complexity index is 1010. The molecular formula is C23H21F4N3O. The maximum absolute atomic E-state index is 13.6. The first-order chi connectivity index (χ1) is 14.8. The number of halogens is 4. The van der Waals surface area contributed by atoms with E-state index in [-0.39, 0.29) is 11.7 Å². The van der Waals surface area contributed by atoms with Gasteiger partial charge in [-0.3, -0.25) is 4.98 Å². The molecule has 2 aromatic carbocycles. The minimum Gasteiger partial charge on any atom is -0.332 e. The van der Waals surface area contributed by atoms with Crippen molar-refractivity contribution in [3.63, 3.8) is 0 Å². The molecule has 4 nitrogen and oxygen atoms in total. The Hall–Kier alpha value is -3.42. The van der Waals surface area contributed by atoms with E-state index >= 15 is 0 Å². The molecule has 0 aliphatic carbocycles. The Labute approximate surface area is 177 Å². The van der Waals surface area contributed by atoms with Gasteiger partial charge >= 0.3 is 12.2 Å². The molecule has 0 radical (unpaired) electrons. The van der Waals surface area contributed by atoms with Crippen molar-refractivity contribution in [1.29, 1.82) is 0 Å². The monoisotopic (exact) mass is 431 g/mol. The molecule has 2 amide bonds. The maximum atomic E-state index is 13.6. The van der Waals surface area contributed by atoms with Crippen molar-refractivity contribution in [2.75, 3.05) is 0 Å². The van der Waals surface area contributed by atoms with Crippen molar-refractivity contribution in [3.05, 3.63) is 101 Å². The van der Waals surface area contributed by atoms with Crippen molar-refractivity contribution < 1.29 is 22.4 Å². The van der Waals surface area contributed by atoms with Crippen LogP contribution in [0, 0.1) is 0 Å². The zero-order valence-electron chi connectivity index (χ0n) is 16.7. The van der Waals surface area contributed by atoms with Crippen LogP contribution in [-0.2, 0) is 12.9 Å². The second-order valence-electron chi connectivity index (χ2n) is 6.99. The molecule has 0 fully saturated rings. The van der Waals surface area contributed by atoms with Gasteiger partial charge in [0.25, 0.3) is 0 Å². The van der Waals surface area contributed by atoms with Crippen LogP contribution in [0.2, 0.25) is 0 Å². The van der Waals surface area contributed by atoms with Crippen LogP contribution in [-0.4, -0.2) is 11.0 Å². The predicted molar refractivity (Wildman–Crippen MR) is 109 cm³/mol. The van der Waals surface area contributed by atoms with Gasteiger partial charge in [-0.15, -0.1) is 0 Å². The van der Waals surface area contributed by atoms with Gasteiger partial charge in [0.1, 0.15) is 6.67 Å². The summed E-state index contributed by atoms with van der Waals surface area (Å²) in [6.07, 6.45) is -3.42. The highest BCUT2D eigenvalue weighted by atomic mass is 19.4. The third kappa shape index (κ3) is 5.59. The molecule has 8 heteroatoms. The molecule has 162 valence electrons. The lowest BCUT2D eigenvalue weighted by Crippen LogP contribution is -2.40. The topological polar surface area (TPSA) is 54.0 Å². The van der Waals surface area contributed by atoms with Crippen LogP contribution in [0.5, 0.6) is 0 Å². The Morgan fingerprint density at radius 2 is 1.61 bits per heavy atom. The van der Waals surface area contributed by atoms with Gasteiger partial charge in [-0.2, -0.15) is 13.2 Å². The number of hydrogen-bond acceptors (Lipinski definition) is 2. The second kappa shape index (κ2) is 9.59. The van der Waals surface area contributed by atoms with Crippen LogP contribution in [0.15, 0.2) is 72.9 Å². The third-order valence-electron chi connectivity index (χ3n) is 4.81. The fraction of sp³-hybridized carbons (Fsp3) is 0.217. The molecule has 1 heterocycles. The second-order valence-corrected chi connectivity index (χ2v) is 6.99. The number of aromatic nitrogens is 1. The van der Waals surface area contributed by atoms with Crippen molar-refractivity contribution in [2.45, 2.75) is 31.9 Å². The standard InChI is InChI=1S/C23H21F4N3O/c1-15(17-6-3-2-4-7-17)29-22(31)30-20(18-11-9-16(14-24)10-12-18)21-19(23(25,26)27)8-5-13-28-21/h2-13,15,20H,14H2,1H3,(H2,29,30,31)/t15-,20+/m1/s1. The van der Waals surface area contributed by atoms with E-state index in [4.69, 9.17) is 0 Å². The van der Waals surface area contributed by atoms with E-state index in [2.05, 4.69) is 15.6 Å². The molecule has 0 saturated heterocycles. The number of pyridine rings is 1. The Morgan fingerprint density at radius 3 is 2.23 bits per heavy atom. The molecule has 0 unspecified atom stereocenters. The van der Waals surface area contributed by atoms with Gasteiger partial charge in [0.05, 0.1) is 23.3 Å². The number of amides is 2. The molecule has 3 rings (SSSR count). The van der Waals surface area contributed by atoms with Crippen LogP contribution >= 0.6 is 0 Å². The van der Waals surface area contributed by atoms with Crippen LogP contribution in [0.1, 0.15) is 47.0 Å². The van der Waals surface area contributed by atoms with Gasteiger partial charge in [0.15, 0.2) is 0 Å². The largest absolute Gasteiger partial charge is 0.418 e. The SMILES string of the molecule is C[C@@H](NC(=O)N[C@@H](c1ccc(CF)cc1)c1ncccc1C(F)(F)F)c1ccccc1. The van der Waals surface area contributed by atoms with Crippen LogP contribution < -0.4 is 10.6 Å². The summed E-state index contributed by atoms with van der Waals surface area (Å²) >= 11 is 0. The number of carbonyl (C=O) groups is 1. The lowest BCUT2D eigenvalue weighted by atomic mass is 9.98. The lowest BCUT2D eigenvalue weighted by Gasteiger charge is -2.24. The molecule has 2 atom stereocenters. The predicted octanol–water partition coefficient (Wildman–Crippen LogP) is 5.72. The lowest BCUT2D eigenvalue weighted by molar-refractivity contribution is -0.138. The van der Waals surface area contributed by atoms with E-state index in [1.54, 1.807) is 6.92 Å². The number of urea groups is 1. The zero-order valence-corrected chi connectivity index (χ0v) is 16.7. The molecule has 2 N–H and O–H groups in total. The molecular weight excluding hydrogens is 410 g/mol. The smallest absolute Gasteiger partial charge is 0.332 e. The highest BCUT2D eigenvalue weighted by molar-refractivity contribution is 5.75. The summed E-state index contributed by atoms with van der Waals surface area (Å²) in [6, 6.07) is 14.9. The number of rotatable bonds is 6. The van der Waals surface area contributed by atoms with E-state index < -0.39 is 30.5 Å². The first-order valence-electron chi connectivity index (χ1n) is 9.58. The summed E-state index contributed by atoms with van der Waals surface area (Å²) in [4.78, 5) is 16.6. The van der Waals surface area contributed by atoms with Crippen molar-refractivity contribution in [1.82, 2.24) is 15.6 Å². The third-order valence-corrected chi connectivity index (χ3v) is 4.81. The van der Waals surface area contributed by atoms with Crippen LogP contribution in [0.3, 0.4) is 0 Å². The van der Waals surface area contributed by atoms with Gasteiger partial charge in [-0.25, -0.2) is 9.18 Å². The molecule has 0 saturated carbocycles. The Morgan fingerprint density at radius 1 is 0.935 bits per heavy atom. The van der Waals surface area contributed by atoms with Gasteiger partial charge < -0.3 is 10.6 Å². The molecule has 1 aromatic heterocycles. The number of hydrogen-bond donors (Lipinski definition) is 2. The van der Waals surface area contributed by atoms with Crippen molar-refractivity contribution in [3.8, 4) is 0 Å². The summed E-state index contributed by atoms with van der Waals surface area (Å²) in [5.41, 5.74) is 0.275.